The Hall–Kier alpha value is -1.68. The van der Waals surface area contributed by atoms with Crippen LogP contribution in [0.4, 0.5) is 0 Å². The highest BCUT2D eigenvalue weighted by atomic mass is 16.3. The van der Waals surface area contributed by atoms with Gasteiger partial charge >= 0.3 is 0 Å². The molecule has 0 aromatic rings. The molecule has 0 spiro atoms. The number of aliphatic hydroxyl groups excluding tert-OH is 1. The first-order chi connectivity index (χ1) is 17.0. The van der Waals surface area contributed by atoms with Crippen molar-refractivity contribution in [2.45, 2.75) is 86.2 Å². The second-order valence-electron chi connectivity index (χ2n) is 14.1. The number of imide groups is 1. The van der Waals surface area contributed by atoms with Crippen molar-refractivity contribution in [2.24, 2.45) is 64.1 Å². The van der Waals surface area contributed by atoms with Crippen molar-refractivity contribution in [3.8, 4) is 0 Å². The lowest BCUT2D eigenvalue weighted by Gasteiger charge is -2.58. The van der Waals surface area contributed by atoms with Crippen LogP contribution >= 0.6 is 0 Å². The van der Waals surface area contributed by atoms with Gasteiger partial charge in [-0.15, -0.1) is 0 Å². The van der Waals surface area contributed by atoms with Crippen molar-refractivity contribution in [2.75, 3.05) is 0 Å². The van der Waals surface area contributed by atoms with Crippen LogP contribution in [0.15, 0.2) is 34.9 Å². The van der Waals surface area contributed by atoms with E-state index in [-0.39, 0.29) is 52.4 Å². The largest absolute Gasteiger partial charge is 0.393 e. The zero-order valence-corrected chi connectivity index (χ0v) is 23.0. The van der Waals surface area contributed by atoms with Gasteiger partial charge < -0.3 is 5.11 Å². The molecule has 11 unspecified atom stereocenters. The maximum Gasteiger partial charge on any atom is 0.231 e. The fraction of sp³-hybridized carbons (Fsp3) is 0.750. The molecule has 0 aromatic carbocycles. The Morgan fingerprint density at radius 2 is 1.69 bits per heavy atom. The minimum atomic E-state index is -0.282. The highest BCUT2D eigenvalue weighted by molar-refractivity contribution is 6.06. The van der Waals surface area contributed by atoms with Crippen molar-refractivity contribution in [1.29, 1.82) is 0 Å². The smallest absolute Gasteiger partial charge is 0.231 e. The lowest BCUT2D eigenvalue weighted by molar-refractivity contribution is -0.126. The molecule has 1 aliphatic heterocycles. The molecule has 5 aliphatic carbocycles. The molecule has 196 valence electrons. The number of carbonyl (C=O) groups excluding carboxylic acids is 2. The van der Waals surface area contributed by atoms with Crippen LogP contribution in [0.5, 0.6) is 0 Å². The van der Waals surface area contributed by atoms with Gasteiger partial charge in [-0.1, -0.05) is 76.5 Å². The van der Waals surface area contributed by atoms with Gasteiger partial charge in [-0.2, -0.15) is 0 Å². The molecule has 6 rings (SSSR count). The Labute approximate surface area is 217 Å². The molecular formula is C32H45NO3. The van der Waals surface area contributed by atoms with Gasteiger partial charge in [-0.05, 0) is 84.9 Å². The molecule has 1 saturated heterocycles. The van der Waals surface area contributed by atoms with E-state index in [9.17, 15) is 14.7 Å². The monoisotopic (exact) mass is 491 g/mol. The Morgan fingerprint density at radius 1 is 1.00 bits per heavy atom. The molecule has 0 radical (unpaired) electrons. The SMILES string of the molecule is CC(C)C(C)C=CC(C)C1CC2C3=C4C(C=C5CC(O)CCC5(C)C4CCC31C)C1C(=O)NC(=O)C21. The first kappa shape index (κ1) is 24.6. The summed E-state index contributed by atoms with van der Waals surface area (Å²) in [5, 5.41) is 13.3. The lowest BCUT2D eigenvalue weighted by Crippen LogP contribution is -2.50. The van der Waals surface area contributed by atoms with Crippen molar-refractivity contribution in [3.05, 3.63) is 34.9 Å². The molecule has 6 aliphatic rings. The molecular weight excluding hydrogens is 446 g/mol. The molecule has 3 fully saturated rings. The third-order valence-electron chi connectivity index (χ3n) is 12.1. The summed E-state index contributed by atoms with van der Waals surface area (Å²) in [6.07, 6.45) is 12.9. The number of fused-ring (bicyclic) bond motifs is 5. The van der Waals surface area contributed by atoms with E-state index in [1.165, 1.54) is 17.6 Å². The summed E-state index contributed by atoms with van der Waals surface area (Å²) in [5.41, 5.74) is 4.62. The van der Waals surface area contributed by atoms with E-state index in [2.05, 4.69) is 65.1 Å². The fourth-order valence-corrected chi connectivity index (χ4v) is 9.74. The predicted octanol–water partition coefficient (Wildman–Crippen LogP) is 5.83. The van der Waals surface area contributed by atoms with Crippen molar-refractivity contribution >= 4 is 11.8 Å². The Morgan fingerprint density at radius 3 is 2.42 bits per heavy atom. The van der Waals surface area contributed by atoms with E-state index in [1.807, 2.05) is 0 Å². The van der Waals surface area contributed by atoms with Crippen LogP contribution in [0.3, 0.4) is 0 Å². The summed E-state index contributed by atoms with van der Waals surface area (Å²) in [6.45, 7) is 14.2. The predicted molar refractivity (Wildman–Crippen MR) is 141 cm³/mol. The van der Waals surface area contributed by atoms with Gasteiger partial charge in [0, 0.05) is 5.92 Å². The molecule has 2 amide bonds. The summed E-state index contributed by atoms with van der Waals surface area (Å²) in [5.74, 6) is 2.17. The first-order valence-electron chi connectivity index (χ1n) is 14.6. The fourth-order valence-electron chi connectivity index (χ4n) is 9.74. The third kappa shape index (κ3) is 3.21. The topological polar surface area (TPSA) is 66.4 Å². The number of hydrogen-bond donors (Lipinski definition) is 2. The van der Waals surface area contributed by atoms with Crippen LogP contribution < -0.4 is 5.32 Å². The normalized spacial score (nSPS) is 46.9. The summed E-state index contributed by atoms with van der Waals surface area (Å²) in [4.78, 5) is 26.5. The van der Waals surface area contributed by atoms with Crippen molar-refractivity contribution < 1.29 is 14.7 Å². The molecule has 4 nitrogen and oxygen atoms in total. The summed E-state index contributed by atoms with van der Waals surface area (Å²) in [7, 11) is 0. The average molecular weight is 492 g/mol. The van der Waals surface area contributed by atoms with Crippen molar-refractivity contribution in [3.63, 3.8) is 0 Å². The average Bonchev–Trinajstić information content (AvgIpc) is 3.30. The molecule has 2 saturated carbocycles. The van der Waals surface area contributed by atoms with Gasteiger partial charge in [0.1, 0.15) is 0 Å². The van der Waals surface area contributed by atoms with Crippen LogP contribution in [0.25, 0.3) is 0 Å². The maximum absolute atomic E-state index is 13.3. The molecule has 1 heterocycles. The van der Waals surface area contributed by atoms with E-state index in [1.54, 1.807) is 5.57 Å². The van der Waals surface area contributed by atoms with Gasteiger partial charge in [-0.25, -0.2) is 0 Å². The summed E-state index contributed by atoms with van der Waals surface area (Å²) < 4.78 is 0. The van der Waals surface area contributed by atoms with E-state index in [0.717, 1.165) is 32.1 Å². The van der Waals surface area contributed by atoms with E-state index >= 15 is 0 Å². The van der Waals surface area contributed by atoms with E-state index in [4.69, 9.17) is 0 Å². The standard InChI is InChI=1S/C32H45NO3/c1-16(2)17(3)7-8-18(4)24-15-22-27-26(29(35)33-30(27)36)21-14-19-13-20(34)9-11-31(19,5)23-10-12-32(24,6)28(22)25(21)23/h7-8,14,16-18,20-24,26-27,34H,9-13,15H2,1-6H3,(H,33,35,36). The number of nitrogens with one attached hydrogen (secondary N) is 1. The van der Waals surface area contributed by atoms with Crippen LogP contribution in [0.1, 0.15) is 80.1 Å². The highest BCUT2D eigenvalue weighted by Crippen LogP contribution is 2.71. The van der Waals surface area contributed by atoms with Crippen LogP contribution in [-0.4, -0.2) is 23.0 Å². The number of hydrogen-bond acceptors (Lipinski definition) is 3. The number of rotatable bonds is 4. The minimum Gasteiger partial charge on any atom is -0.393 e. The Balaban J connectivity index is 1.49. The second kappa shape index (κ2) is 8.16. The third-order valence-corrected chi connectivity index (χ3v) is 12.1. The molecule has 11 atom stereocenters. The molecule has 36 heavy (non-hydrogen) atoms. The van der Waals surface area contributed by atoms with Crippen LogP contribution in [-0.2, 0) is 9.59 Å². The van der Waals surface area contributed by atoms with Gasteiger partial charge in [0.25, 0.3) is 0 Å². The number of allylic oxidation sites excluding steroid dienone is 5. The zero-order valence-electron chi connectivity index (χ0n) is 23.0. The minimum absolute atomic E-state index is 0.0243. The Bertz CT molecular complexity index is 1080. The zero-order chi connectivity index (χ0) is 25.7. The molecule has 2 N–H and O–H groups in total. The van der Waals surface area contributed by atoms with E-state index in [0.29, 0.717) is 29.6 Å². The molecule has 0 bridgehead atoms. The van der Waals surface area contributed by atoms with Gasteiger partial charge in [0.15, 0.2) is 0 Å². The molecule has 0 aromatic heterocycles. The summed E-state index contributed by atoms with van der Waals surface area (Å²) in [6, 6.07) is 0. The lowest BCUT2D eigenvalue weighted by atomic mass is 9.46. The first-order valence-corrected chi connectivity index (χ1v) is 14.6. The number of aliphatic hydroxyl groups is 1. The second-order valence-corrected chi connectivity index (χ2v) is 14.1. The summed E-state index contributed by atoms with van der Waals surface area (Å²) >= 11 is 0. The van der Waals surface area contributed by atoms with Crippen LogP contribution in [0.2, 0.25) is 0 Å². The number of carbonyl (C=O) groups is 2. The van der Waals surface area contributed by atoms with E-state index < -0.39 is 0 Å². The molecule has 4 heteroatoms. The van der Waals surface area contributed by atoms with Gasteiger partial charge in [0.05, 0.1) is 17.9 Å². The van der Waals surface area contributed by atoms with Crippen LogP contribution in [0, 0.1) is 64.1 Å². The van der Waals surface area contributed by atoms with Gasteiger partial charge in [-0.3, -0.25) is 14.9 Å². The van der Waals surface area contributed by atoms with Gasteiger partial charge in [0.2, 0.25) is 11.8 Å². The Kier molecular flexibility index (Phi) is 5.58. The quantitative estimate of drug-likeness (QED) is 0.384. The maximum atomic E-state index is 13.3. The number of amides is 2. The van der Waals surface area contributed by atoms with Crippen molar-refractivity contribution in [1.82, 2.24) is 5.32 Å². The highest BCUT2D eigenvalue weighted by Gasteiger charge is 2.66.